The molecule has 1 heteroatoms. The van der Waals surface area contributed by atoms with Crippen LogP contribution >= 0.6 is 11.8 Å². The van der Waals surface area contributed by atoms with E-state index in [1.165, 1.54) is 11.5 Å². The van der Waals surface area contributed by atoms with Crippen LogP contribution in [0, 0.1) is 23.7 Å². The van der Waals surface area contributed by atoms with Crippen LogP contribution in [0.3, 0.4) is 0 Å². The van der Waals surface area contributed by atoms with Crippen LogP contribution in [0.15, 0.2) is 0 Å². The summed E-state index contributed by atoms with van der Waals surface area (Å²) in [5.41, 5.74) is 0. The van der Waals surface area contributed by atoms with Crippen molar-refractivity contribution in [3.05, 3.63) is 0 Å². The van der Waals surface area contributed by atoms with E-state index in [0.29, 0.717) is 0 Å². The van der Waals surface area contributed by atoms with Crippen LogP contribution in [0.5, 0.6) is 0 Å². The molecule has 0 aromatic rings. The lowest BCUT2D eigenvalue weighted by molar-refractivity contribution is 0.464. The minimum Gasteiger partial charge on any atom is -0.161 e. The van der Waals surface area contributed by atoms with Crippen molar-refractivity contribution in [3.63, 3.8) is 0 Å². The van der Waals surface area contributed by atoms with Crippen molar-refractivity contribution in [2.45, 2.75) is 20.3 Å². The van der Waals surface area contributed by atoms with Gasteiger partial charge in [0, 0.05) is 6.42 Å². The largest absolute Gasteiger partial charge is 0.161 e. The van der Waals surface area contributed by atoms with Crippen molar-refractivity contribution in [2.24, 2.45) is 11.8 Å². The van der Waals surface area contributed by atoms with Crippen molar-refractivity contribution in [3.8, 4) is 11.8 Å². The Bertz CT molecular complexity index is 152. The van der Waals surface area contributed by atoms with Gasteiger partial charge in [0.2, 0.25) is 0 Å². The first kappa shape index (κ1) is 8.01. The highest BCUT2D eigenvalue weighted by Crippen LogP contribution is 2.31. The van der Waals surface area contributed by atoms with Gasteiger partial charge in [-0.15, -0.1) is 11.8 Å². The smallest absolute Gasteiger partial charge is 0.0128 e. The maximum absolute atomic E-state index is 3.16. The third kappa shape index (κ3) is 1.95. The average Bonchev–Trinajstić information content (AvgIpc) is 2.31. The zero-order valence-electron chi connectivity index (χ0n) is 6.68. The molecule has 1 rings (SSSR count). The highest BCUT2D eigenvalue weighted by molar-refractivity contribution is 7.99. The van der Waals surface area contributed by atoms with Crippen LogP contribution in [0.4, 0.5) is 0 Å². The summed E-state index contributed by atoms with van der Waals surface area (Å²) in [6, 6.07) is 0. The van der Waals surface area contributed by atoms with Gasteiger partial charge in [-0.3, -0.25) is 0 Å². The van der Waals surface area contributed by atoms with Gasteiger partial charge in [0.1, 0.15) is 0 Å². The molecule has 0 amide bonds. The molecule has 0 spiro atoms. The monoisotopic (exact) mass is 154 g/mol. The molecule has 0 aromatic carbocycles. The molecule has 0 aromatic heterocycles. The summed E-state index contributed by atoms with van der Waals surface area (Å²) in [6.07, 6.45) is 1.12. The summed E-state index contributed by atoms with van der Waals surface area (Å²) >= 11 is 2.07. The molecular formula is C9H14S. The fraction of sp³-hybridized carbons (Fsp3) is 0.778. The van der Waals surface area contributed by atoms with Gasteiger partial charge < -0.3 is 0 Å². The van der Waals surface area contributed by atoms with Gasteiger partial charge in [0.05, 0.1) is 0 Å². The average molecular weight is 154 g/mol. The molecule has 0 nitrogen and oxygen atoms in total. The number of hydrogen-bond acceptors (Lipinski definition) is 1. The van der Waals surface area contributed by atoms with Gasteiger partial charge in [0.25, 0.3) is 0 Å². The molecule has 2 unspecified atom stereocenters. The molecule has 1 saturated heterocycles. The third-order valence-corrected chi connectivity index (χ3v) is 3.48. The summed E-state index contributed by atoms with van der Waals surface area (Å²) in [7, 11) is 0. The van der Waals surface area contributed by atoms with E-state index in [-0.39, 0.29) is 0 Å². The lowest BCUT2D eigenvalue weighted by Crippen LogP contribution is -2.06. The van der Waals surface area contributed by atoms with Gasteiger partial charge in [-0.25, -0.2) is 0 Å². The summed E-state index contributed by atoms with van der Waals surface area (Å²) in [5.74, 6) is 10.6. The Balaban J connectivity index is 2.31. The van der Waals surface area contributed by atoms with E-state index in [0.717, 1.165) is 18.3 Å². The Kier molecular flexibility index (Phi) is 3.15. The van der Waals surface area contributed by atoms with Crippen molar-refractivity contribution in [2.75, 3.05) is 11.5 Å². The second-order valence-electron chi connectivity index (χ2n) is 2.91. The number of thioether (sulfide) groups is 1. The van der Waals surface area contributed by atoms with Gasteiger partial charge in [-0.1, -0.05) is 6.92 Å². The van der Waals surface area contributed by atoms with Gasteiger partial charge in [-0.05, 0) is 30.3 Å². The van der Waals surface area contributed by atoms with E-state index in [1.54, 1.807) is 0 Å². The summed E-state index contributed by atoms with van der Waals surface area (Å²) in [5, 5.41) is 0. The first-order valence-corrected chi connectivity index (χ1v) is 4.97. The van der Waals surface area contributed by atoms with Crippen molar-refractivity contribution < 1.29 is 0 Å². The lowest BCUT2D eigenvalue weighted by atomic mass is 9.95. The summed E-state index contributed by atoms with van der Waals surface area (Å²) in [6.45, 7) is 4.26. The Morgan fingerprint density at radius 3 is 2.80 bits per heavy atom. The normalized spacial score (nSPS) is 31.4. The SMILES string of the molecule is CC#CCC1CSCC1C. The number of rotatable bonds is 1. The lowest BCUT2D eigenvalue weighted by Gasteiger charge is -2.08. The van der Waals surface area contributed by atoms with E-state index in [1.807, 2.05) is 6.92 Å². The zero-order valence-corrected chi connectivity index (χ0v) is 7.50. The van der Waals surface area contributed by atoms with Gasteiger partial charge >= 0.3 is 0 Å². The molecule has 1 aliphatic rings. The first-order chi connectivity index (χ1) is 4.84. The second-order valence-corrected chi connectivity index (χ2v) is 3.98. The molecule has 2 atom stereocenters. The highest BCUT2D eigenvalue weighted by Gasteiger charge is 2.22. The maximum atomic E-state index is 3.16. The second kappa shape index (κ2) is 3.93. The third-order valence-electron chi connectivity index (χ3n) is 2.06. The first-order valence-electron chi connectivity index (χ1n) is 3.82. The number of hydrogen-bond donors (Lipinski definition) is 0. The van der Waals surface area contributed by atoms with Crippen LogP contribution < -0.4 is 0 Å². The van der Waals surface area contributed by atoms with E-state index < -0.39 is 0 Å². The topological polar surface area (TPSA) is 0 Å². The van der Waals surface area contributed by atoms with Crippen molar-refractivity contribution >= 4 is 11.8 Å². The zero-order chi connectivity index (χ0) is 7.40. The predicted molar refractivity (Wildman–Crippen MR) is 48.0 cm³/mol. The molecular weight excluding hydrogens is 140 g/mol. The minimum absolute atomic E-state index is 0.873. The summed E-state index contributed by atoms with van der Waals surface area (Å²) < 4.78 is 0. The van der Waals surface area contributed by atoms with Crippen LogP contribution in [0.1, 0.15) is 20.3 Å². The molecule has 0 bridgehead atoms. The molecule has 1 aliphatic heterocycles. The van der Waals surface area contributed by atoms with E-state index in [4.69, 9.17) is 0 Å². The Labute approximate surface area is 67.8 Å². The van der Waals surface area contributed by atoms with Crippen molar-refractivity contribution in [1.29, 1.82) is 0 Å². The highest BCUT2D eigenvalue weighted by atomic mass is 32.2. The molecule has 0 saturated carbocycles. The fourth-order valence-electron chi connectivity index (χ4n) is 1.20. The molecule has 56 valence electrons. The molecule has 1 fully saturated rings. The Morgan fingerprint density at radius 2 is 2.30 bits per heavy atom. The molecule has 10 heavy (non-hydrogen) atoms. The van der Waals surface area contributed by atoms with E-state index in [2.05, 4.69) is 30.5 Å². The molecule has 0 aliphatic carbocycles. The molecule has 0 radical (unpaired) electrons. The van der Waals surface area contributed by atoms with E-state index >= 15 is 0 Å². The van der Waals surface area contributed by atoms with Gasteiger partial charge in [-0.2, -0.15) is 11.8 Å². The van der Waals surface area contributed by atoms with Crippen molar-refractivity contribution in [1.82, 2.24) is 0 Å². The fourth-order valence-corrected chi connectivity index (χ4v) is 2.73. The molecule has 0 N–H and O–H groups in total. The van der Waals surface area contributed by atoms with Crippen LogP contribution in [0.25, 0.3) is 0 Å². The van der Waals surface area contributed by atoms with Gasteiger partial charge in [0.15, 0.2) is 0 Å². The Hall–Kier alpha value is -0.0900. The molecule has 1 heterocycles. The van der Waals surface area contributed by atoms with E-state index in [9.17, 15) is 0 Å². The quantitative estimate of drug-likeness (QED) is 0.523. The van der Waals surface area contributed by atoms with Crippen LogP contribution in [-0.2, 0) is 0 Å². The summed E-state index contributed by atoms with van der Waals surface area (Å²) in [4.78, 5) is 0. The predicted octanol–water partition coefficient (Wildman–Crippen LogP) is 2.40. The maximum Gasteiger partial charge on any atom is 0.0128 e. The van der Waals surface area contributed by atoms with Crippen LogP contribution in [0.2, 0.25) is 0 Å². The van der Waals surface area contributed by atoms with Crippen LogP contribution in [-0.4, -0.2) is 11.5 Å². The Morgan fingerprint density at radius 1 is 1.50 bits per heavy atom. The standard InChI is InChI=1S/C9H14S/c1-3-4-5-9-7-10-6-8(9)2/h8-9H,5-7H2,1-2H3. The minimum atomic E-state index is 0.873.